The first-order valence-electron chi connectivity index (χ1n) is 9.71. The van der Waals surface area contributed by atoms with Crippen LogP contribution in [-0.2, 0) is 0 Å². The summed E-state index contributed by atoms with van der Waals surface area (Å²) in [4.78, 5) is 16.8. The number of carbonyl (C=O) groups excluding carboxylic acids is 1. The number of benzene rings is 3. The third-order valence-electron chi connectivity index (χ3n) is 5.34. The summed E-state index contributed by atoms with van der Waals surface area (Å²) in [5, 5.41) is 0. The predicted molar refractivity (Wildman–Crippen MR) is 109 cm³/mol. The Labute approximate surface area is 169 Å². The van der Waals surface area contributed by atoms with Gasteiger partial charge in [-0.2, -0.15) is 0 Å². The molecule has 1 saturated heterocycles. The van der Waals surface area contributed by atoms with Gasteiger partial charge < -0.3 is 4.90 Å². The topological polar surface area (TPSA) is 23.6 Å². The Morgan fingerprint density at radius 2 is 1.38 bits per heavy atom. The van der Waals surface area contributed by atoms with E-state index in [0.29, 0.717) is 31.7 Å². The SMILES string of the molecule is O=C(c1cccc(F)c1)N1CCN([C@@H](c2ccccc2)c2ccc(F)cc2)CC1. The molecule has 0 saturated carbocycles. The van der Waals surface area contributed by atoms with Gasteiger partial charge in [-0.05, 0) is 41.5 Å². The number of halogens is 2. The van der Waals surface area contributed by atoms with Gasteiger partial charge in [-0.1, -0.05) is 48.5 Å². The number of rotatable bonds is 4. The molecule has 0 radical (unpaired) electrons. The van der Waals surface area contributed by atoms with E-state index in [2.05, 4.69) is 17.0 Å². The van der Waals surface area contributed by atoms with Crippen molar-refractivity contribution in [3.05, 3.63) is 107 Å². The van der Waals surface area contributed by atoms with Crippen LogP contribution in [0.3, 0.4) is 0 Å². The van der Waals surface area contributed by atoms with Crippen LogP contribution in [0.2, 0.25) is 0 Å². The van der Waals surface area contributed by atoms with E-state index in [4.69, 9.17) is 0 Å². The standard InChI is InChI=1S/C24H22F2N2O/c25-21-11-9-19(10-12-21)23(18-5-2-1-3-6-18)27-13-15-28(16-14-27)24(29)20-7-4-8-22(26)17-20/h1-12,17,23H,13-16H2/t23-/m0/s1. The van der Waals surface area contributed by atoms with Crippen LogP contribution < -0.4 is 0 Å². The lowest BCUT2D eigenvalue weighted by Crippen LogP contribution is -2.49. The van der Waals surface area contributed by atoms with Gasteiger partial charge in [-0.25, -0.2) is 8.78 Å². The molecule has 3 aromatic rings. The Morgan fingerprint density at radius 3 is 2.03 bits per heavy atom. The quantitative estimate of drug-likeness (QED) is 0.652. The maximum absolute atomic E-state index is 13.5. The van der Waals surface area contributed by atoms with Gasteiger partial charge in [0, 0.05) is 31.7 Å². The molecule has 0 N–H and O–H groups in total. The number of hydrogen-bond donors (Lipinski definition) is 0. The van der Waals surface area contributed by atoms with Gasteiger partial charge in [0.2, 0.25) is 0 Å². The van der Waals surface area contributed by atoms with Crippen molar-refractivity contribution < 1.29 is 13.6 Å². The van der Waals surface area contributed by atoms with Crippen molar-refractivity contribution in [2.45, 2.75) is 6.04 Å². The summed E-state index contributed by atoms with van der Waals surface area (Å²) in [5.74, 6) is -0.816. The van der Waals surface area contributed by atoms with E-state index in [0.717, 1.165) is 11.1 Å². The Balaban J connectivity index is 1.52. The molecule has 29 heavy (non-hydrogen) atoms. The normalized spacial score (nSPS) is 15.9. The summed E-state index contributed by atoms with van der Waals surface area (Å²) >= 11 is 0. The lowest BCUT2D eigenvalue weighted by atomic mass is 9.96. The Hall–Kier alpha value is -3.05. The summed E-state index contributed by atoms with van der Waals surface area (Å²) in [5.41, 5.74) is 2.52. The first kappa shape index (κ1) is 19.3. The zero-order valence-electron chi connectivity index (χ0n) is 16.0. The minimum atomic E-state index is -0.407. The third kappa shape index (κ3) is 4.35. The second-order valence-electron chi connectivity index (χ2n) is 7.20. The largest absolute Gasteiger partial charge is 0.336 e. The van der Waals surface area contributed by atoms with Crippen LogP contribution in [0, 0.1) is 11.6 Å². The molecule has 148 valence electrons. The van der Waals surface area contributed by atoms with E-state index in [9.17, 15) is 13.6 Å². The molecule has 1 aliphatic heterocycles. The number of piperazine rings is 1. The molecule has 0 unspecified atom stereocenters. The Morgan fingerprint density at radius 1 is 0.724 bits per heavy atom. The fraction of sp³-hybridized carbons (Fsp3) is 0.208. The molecule has 0 spiro atoms. The van der Waals surface area contributed by atoms with Crippen LogP contribution in [0.15, 0.2) is 78.9 Å². The monoisotopic (exact) mass is 392 g/mol. The number of hydrogen-bond acceptors (Lipinski definition) is 2. The van der Waals surface area contributed by atoms with E-state index >= 15 is 0 Å². The van der Waals surface area contributed by atoms with Crippen molar-refractivity contribution in [3.63, 3.8) is 0 Å². The van der Waals surface area contributed by atoms with E-state index in [-0.39, 0.29) is 17.8 Å². The molecule has 3 nitrogen and oxygen atoms in total. The van der Waals surface area contributed by atoms with Crippen LogP contribution >= 0.6 is 0 Å². The second-order valence-corrected chi connectivity index (χ2v) is 7.20. The molecule has 1 atom stereocenters. The molecule has 1 fully saturated rings. The molecule has 0 bridgehead atoms. The van der Waals surface area contributed by atoms with Gasteiger partial charge in [0.15, 0.2) is 0 Å². The molecule has 1 heterocycles. The minimum absolute atomic E-state index is 0.0109. The average molecular weight is 392 g/mol. The van der Waals surface area contributed by atoms with Crippen LogP contribution in [0.5, 0.6) is 0 Å². The summed E-state index contributed by atoms with van der Waals surface area (Å²) in [6.45, 7) is 2.47. The maximum atomic E-state index is 13.5. The fourth-order valence-corrected chi connectivity index (χ4v) is 3.88. The average Bonchev–Trinajstić information content (AvgIpc) is 2.76. The highest BCUT2D eigenvalue weighted by molar-refractivity contribution is 5.94. The van der Waals surface area contributed by atoms with Crippen molar-refractivity contribution >= 4 is 5.91 Å². The second kappa shape index (κ2) is 8.53. The zero-order valence-corrected chi connectivity index (χ0v) is 16.0. The van der Waals surface area contributed by atoms with Crippen molar-refractivity contribution in [1.82, 2.24) is 9.80 Å². The smallest absolute Gasteiger partial charge is 0.254 e. The van der Waals surface area contributed by atoms with E-state index in [1.54, 1.807) is 17.0 Å². The van der Waals surface area contributed by atoms with Crippen LogP contribution in [0.1, 0.15) is 27.5 Å². The van der Waals surface area contributed by atoms with Gasteiger partial charge in [0.1, 0.15) is 11.6 Å². The van der Waals surface area contributed by atoms with Crippen LogP contribution in [0.25, 0.3) is 0 Å². The summed E-state index contributed by atoms with van der Waals surface area (Å²) < 4.78 is 26.9. The predicted octanol–water partition coefficient (Wildman–Crippen LogP) is 4.51. The lowest BCUT2D eigenvalue weighted by molar-refractivity contribution is 0.0597. The Kier molecular flexibility index (Phi) is 5.67. The van der Waals surface area contributed by atoms with Crippen molar-refractivity contribution in [1.29, 1.82) is 0 Å². The molecule has 3 aromatic carbocycles. The molecular weight excluding hydrogens is 370 g/mol. The zero-order chi connectivity index (χ0) is 20.2. The molecular formula is C24H22F2N2O. The summed E-state index contributed by atoms with van der Waals surface area (Å²) in [7, 11) is 0. The fourth-order valence-electron chi connectivity index (χ4n) is 3.88. The molecule has 0 aliphatic carbocycles. The van der Waals surface area contributed by atoms with Gasteiger partial charge in [-0.15, -0.1) is 0 Å². The maximum Gasteiger partial charge on any atom is 0.254 e. The van der Waals surface area contributed by atoms with E-state index < -0.39 is 5.82 Å². The molecule has 1 aliphatic rings. The first-order chi connectivity index (χ1) is 14.1. The third-order valence-corrected chi connectivity index (χ3v) is 5.34. The summed E-state index contributed by atoms with van der Waals surface area (Å²) in [6, 6.07) is 22.5. The summed E-state index contributed by atoms with van der Waals surface area (Å²) in [6.07, 6.45) is 0. The van der Waals surface area contributed by atoms with Crippen molar-refractivity contribution in [2.24, 2.45) is 0 Å². The lowest BCUT2D eigenvalue weighted by Gasteiger charge is -2.39. The number of carbonyl (C=O) groups is 1. The highest BCUT2D eigenvalue weighted by Gasteiger charge is 2.28. The van der Waals surface area contributed by atoms with Gasteiger partial charge in [0.05, 0.1) is 6.04 Å². The molecule has 1 amide bonds. The van der Waals surface area contributed by atoms with Gasteiger partial charge in [0.25, 0.3) is 5.91 Å². The van der Waals surface area contributed by atoms with Crippen LogP contribution in [0.4, 0.5) is 8.78 Å². The number of nitrogens with zero attached hydrogens (tertiary/aromatic N) is 2. The van der Waals surface area contributed by atoms with Gasteiger partial charge >= 0.3 is 0 Å². The Bertz CT molecular complexity index is 968. The number of amides is 1. The van der Waals surface area contributed by atoms with Crippen molar-refractivity contribution in [3.8, 4) is 0 Å². The molecule has 4 rings (SSSR count). The van der Waals surface area contributed by atoms with E-state index in [1.165, 1.54) is 24.3 Å². The van der Waals surface area contributed by atoms with E-state index in [1.807, 2.05) is 30.3 Å². The highest BCUT2D eigenvalue weighted by Crippen LogP contribution is 2.30. The first-order valence-corrected chi connectivity index (χ1v) is 9.71. The van der Waals surface area contributed by atoms with Crippen molar-refractivity contribution in [2.75, 3.05) is 26.2 Å². The molecule has 0 aromatic heterocycles. The van der Waals surface area contributed by atoms with Gasteiger partial charge in [-0.3, -0.25) is 9.69 Å². The molecule has 5 heteroatoms. The minimum Gasteiger partial charge on any atom is -0.336 e. The van der Waals surface area contributed by atoms with Crippen LogP contribution in [-0.4, -0.2) is 41.9 Å². The highest BCUT2D eigenvalue weighted by atomic mass is 19.1.